The predicted octanol–water partition coefficient (Wildman–Crippen LogP) is 4.72. The van der Waals surface area contributed by atoms with Gasteiger partial charge in [-0.2, -0.15) is 0 Å². The molecule has 0 aliphatic heterocycles. The second kappa shape index (κ2) is 5.89. The lowest BCUT2D eigenvalue weighted by atomic mass is 9.93. The predicted molar refractivity (Wildman–Crippen MR) is 76.9 cm³/mol. The van der Waals surface area contributed by atoms with Gasteiger partial charge in [0.05, 0.1) is 11.0 Å². The first-order valence-electron chi connectivity index (χ1n) is 6.29. The summed E-state index contributed by atoms with van der Waals surface area (Å²) in [6.45, 7) is 5.48. The molecule has 0 bridgehead atoms. The number of nitrogens with one attached hydrogen (secondary N) is 1. The van der Waals surface area contributed by atoms with Crippen molar-refractivity contribution in [2.24, 2.45) is 11.8 Å². The third-order valence-electron chi connectivity index (χ3n) is 3.99. The zero-order valence-electron chi connectivity index (χ0n) is 10.3. The summed E-state index contributed by atoms with van der Waals surface area (Å²) in [5, 5.41) is 3.62. The van der Waals surface area contributed by atoms with E-state index < -0.39 is 0 Å². The van der Waals surface area contributed by atoms with Crippen LogP contribution >= 0.6 is 31.9 Å². The van der Waals surface area contributed by atoms with Crippen molar-refractivity contribution in [1.29, 1.82) is 0 Å². The topological polar surface area (TPSA) is 25.2 Å². The van der Waals surface area contributed by atoms with Crippen molar-refractivity contribution in [3.05, 3.63) is 21.0 Å². The molecule has 1 aliphatic rings. The van der Waals surface area contributed by atoms with E-state index in [-0.39, 0.29) is 0 Å². The SMILES string of the molecule is CCC1CCC(NCc2cc(Br)c(Br)o2)C1C. The van der Waals surface area contributed by atoms with Crippen LogP contribution in [0, 0.1) is 11.8 Å². The summed E-state index contributed by atoms with van der Waals surface area (Å²) in [6.07, 6.45) is 3.96. The van der Waals surface area contributed by atoms with Gasteiger partial charge in [0.1, 0.15) is 5.76 Å². The molecule has 0 radical (unpaired) electrons. The van der Waals surface area contributed by atoms with Gasteiger partial charge in [-0.15, -0.1) is 0 Å². The number of hydrogen-bond acceptors (Lipinski definition) is 2. The van der Waals surface area contributed by atoms with Crippen LogP contribution in [0.25, 0.3) is 0 Å². The highest BCUT2D eigenvalue weighted by atomic mass is 79.9. The molecular formula is C13H19Br2NO. The van der Waals surface area contributed by atoms with Gasteiger partial charge < -0.3 is 9.73 Å². The van der Waals surface area contributed by atoms with Crippen LogP contribution < -0.4 is 5.32 Å². The average molecular weight is 365 g/mol. The molecule has 0 saturated heterocycles. The average Bonchev–Trinajstić information content (AvgIpc) is 2.81. The van der Waals surface area contributed by atoms with Gasteiger partial charge in [0.2, 0.25) is 0 Å². The highest BCUT2D eigenvalue weighted by Crippen LogP contribution is 2.34. The fourth-order valence-electron chi connectivity index (χ4n) is 2.82. The van der Waals surface area contributed by atoms with Gasteiger partial charge in [-0.1, -0.05) is 20.3 Å². The number of hydrogen-bond donors (Lipinski definition) is 1. The lowest BCUT2D eigenvalue weighted by Crippen LogP contribution is -2.32. The molecule has 1 aromatic heterocycles. The minimum atomic E-state index is 0.641. The zero-order valence-corrected chi connectivity index (χ0v) is 13.5. The zero-order chi connectivity index (χ0) is 12.4. The van der Waals surface area contributed by atoms with Gasteiger partial charge in [-0.05, 0) is 62.6 Å². The van der Waals surface area contributed by atoms with Gasteiger partial charge in [0, 0.05) is 6.04 Å². The van der Waals surface area contributed by atoms with E-state index >= 15 is 0 Å². The molecule has 3 unspecified atom stereocenters. The minimum Gasteiger partial charge on any atom is -0.452 e. The van der Waals surface area contributed by atoms with E-state index in [1.807, 2.05) is 6.07 Å². The Labute approximate surface area is 120 Å². The highest BCUT2D eigenvalue weighted by molar-refractivity contribution is 9.13. The molecule has 0 amide bonds. The van der Waals surface area contributed by atoms with Crippen molar-refractivity contribution in [3.63, 3.8) is 0 Å². The van der Waals surface area contributed by atoms with Crippen molar-refractivity contribution in [2.75, 3.05) is 0 Å². The van der Waals surface area contributed by atoms with Crippen molar-refractivity contribution < 1.29 is 4.42 Å². The van der Waals surface area contributed by atoms with Crippen LogP contribution in [0.4, 0.5) is 0 Å². The van der Waals surface area contributed by atoms with Gasteiger partial charge >= 0.3 is 0 Å². The second-order valence-corrected chi connectivity index (χ2v) is 6.50. The molecule has 4 heteroatoms. The third-order valence-corrected chi connectivity index (χ3v) is 5.70. The molecule has 1 fully saturated rings. The Morgan fingerprint density at radius 1 is 1.41 bits per heavy atom. The van der Waals surface area contributed by atoms with Crippen LogP contribution in [-0.2, 0) is 6.54 Å². The Kier molecular flexibility index (Phi) is 4.72. The molecule has 1 heterocycles. The van der Waals surface area contributed by atoms with Crippen LogP contribution in [0.2, 0.25) is 0 Å². The van der Waals surface area contributed by atoms with Gasteiger partial charge in [-0.25, -0.2) is 0 Å². The van der Waals surface area contributed by atoms with Crippen molar-refractivity contribution >= 4 is 31.9 Å². The third kappa shape index (κ3) is 3.15. The fourth-order valence-corrected chi connectivity index (χ4v) is 3.48. The normalized spacial score (nSPS) is 28.8. The number of halogens is 2. The molecule has 17 heavy (non-hydrogen) atoms. The molecular weight excluding hydrogens is 346 g/mol. The monoisotopic (exact) mass is 363 g/mol. The Hall–Kier alpha value is 0.200. The van der Waals surface area contributed by atoms with Gasteiger partial charge in [-0.3, -0.25) is 0 Å². The van der Waals surface area contributed by atoms with E-state index in [1.165, 1.54) is 19.3 Å². The summed E-state index contributed by atoms with van der Waals surface area (Å²) in [5.41, 5.74) is 0. The summed E-state index contributed by atoms with van der Waals surface area (Å²) < 4.78 is 7.33. The number of furan rings is 1. The summed E-state index contributed by atoms with van der Waals surface area (Å²) in [5.74, 6) is 2.65. The van der Waals surface area contributed by atoms with Gasteiger partial charge in [0.25, 0.3) is 0 Å². The molecule has 1 aliphatic carbocycles. The molecule has 1 aromatic rings. The first-order valence-corrected chi connectivity index (χ1v) is 7.87. The number of rotatable bonds is 4. The molecule has 2 rings (SSSR count). The Morgan fingerprint density at radius 3 is 2.71 bits per heavy atom. The van der Waals surface area contributed by atoms with Crippen LogP contribution in [0.5, 0.6) is 0 Å². The van der Waals surface area contributed by atoms with E-state index in [2.05, 4.69) is 51.0 Å². The molecule has 96 valence electrons. The Morgan fingerprint density at radius 2 is 2.18 bits per heavy atom. The molecule has 3 atom stereocenters. The van der Waals surface area contributed by atoms with Crippen molar-refractivity contribution in [3.8, 4) is 0 Å². The standard InChI is InChI=1S/C13H19Br2NO/c1-3-9-4-5-12(8(9)2)16-7-10-6-11(14)13(15)17-10/h6,8-9,12,16H,3-5,7H2,1-2H3. The maximum absolute atomic E-state index is 5.57. The smallest absolute Gasteiger partial charge is 0.183 e. The second-order valence-electron chi connectivity index (χ2n) is 4.93. The molecule has 1 saturated carbocycles. The van der Waals surface area contributed by atoms with E-state index in [0.717, 1.165) is 33.3 Å². The van der Waals surface area contributed by atoms with E-state index in [4.69, 9.17) is 4.42 Å². The Bertz CT molecular complexity index is 358. The van der Waals surface area contributed by atoms with E-state index in [1.54, 1.807) is 0 Å². The molecule has 1 N–H and O–H groups in total. The summed E-state index contributed by atoms with van der Waals surface area (Å²) >= 11 is 6.79. The largest absolute Gasteiger partial charge is 0.452 e. The lowest BCUT2D eigenvalue weighted by molar-refractivity contribution is 0.334. The van der Waals surface area contributed by atoms with Crippen LogP contribution in [-0.4, -0.2) is 6.04 Å². The molecule has 2 nitrogen and oxygen atoms in total. The van der Waals surface area contributed by atoms with Crippen molar-refractivity contribution in [1.82, 2.24) is 5.32 Å². The van der Waals surface area contributed by atoms with Gasteiger partial charge in [0.15, 0.2) is 4.67 Å². The maximum atomic E-state index is 5.57. The Balaban J connectivity index is 1.86. The first kappa shape index (κ1) is 13.6. The highest BCUT2D eigenvalue weighted by Gasteiger charge is 2.31. The maximum Gasteiger partial charge on any atom is 0.183 e. The summed E-state index contributed by atoms with van der Waals surface area (Å²) in [4.78, 5) is 0. The van der Waals surface area contributed by atoms with Crippen LogP contribution in [0.1, 0.15) is 38.9 Å². The van der Waals surface area contributed by atoms with Crippen LogP contribution in [0.3, 0.4) is 0 Å². The summed E-state index contributed by atoms with van der Waals surface area (Å²) in [6, 6.07) is 2.66. The van der Waals surface area contributed by atoms with E-state index in [0.29, 0.717) is 6.04 Å². The quantitative estimate of drug-likeness (QED) is 0.836. The minimum absolute atomic E-state index is 0.641. The lowest BCUT2D eigenvalue weighted by Gasteiger charge is -2.20. The van der Waals surface area contributed by atoms with Crippen molar-refractivity contribution in [2.45, 2.75) is 45.7 Å². The first-order chi connectivity index (χ1) is 8.11. The summed E-state index contributed by atoms with van der Waals surface area (Å²) in [7, 11) is 0. The van der Waals surface area contributed by atoms with Crippen LogP contribution in [0.15, 0.2) is 19.6 Å². The molecule has 0 spiro atoms. The molecule has 0 aromatic carbocycles. The van der Waals surface area contributed by atoms with E-state index in [9.17, 15) is 0 Å². The fraction of sp³-hybridized carbons (Fsp3) is 0.692.